The van der Waals surface area contributed by atoms with Gasteiger partial charge in [0.1, 0.15) is 0 Å². The predicted molar refractivity (Wildman–Crippen MR) is 256 cm³/mol. The van der Waals surface area contributed by atoms with E-state index in [4.69, 9.17) is 0 Å². The Morgan fingerprint density at radius 1 is 0.367 bits per heavy atom. The minimum atomic E-state index is 0.399. The number of nitrogens with zero attached hydrogens (tertiary/aromatic N) is 1. The van der Waals surface area contributed by atoms with Crippen molar-refractivity contribution in [2.24, 2.45) is 0 Å². The van der Waals surface area contributed by atoms with Crippen LogP contribution in [0.15, 0.2) is 242 Å². The molecular formula is C58H41NS. The molecule has 0 radical (unpaired) electrons. The van der Waals surface area contributed by atoms with Crippen LogP contribution in [0.3, 0.4) is 0 Å². The van der Waals surface area contributed by atoms with E-state index in [0.29, 0.717) is 11.2 Å². The summed E-state index contributed by atoms with van der Waals surface area (Å²) < 4.78 is 0. The third kappa shape index (κ3) is 6.66. The molecule has 0 bridgehead atoms. The highest BCUT2D eigenvalue weighted by atomic mass is 32.2. The molecule has 1 nitrogen and oxygen atoms in total. The summed E-state index contributed by atoms with van der Waals surface area (Å²) >= 11 is 2.00. The van der Waals surface area contributed by atoms with Crippen LogP contribution in [0.2, 0.25) is 0 Å². The summed E-state index contributed by atoms with van der Waals surface area (Å²) in [7, 11) is 0. The predicted octanol–water partition coefficient (Wildman–Crippen LogP) is 16.3. The van der Waals surface area contributed by atoms with Gasteiger partial charge in [-0.2, -0.15) is 0 Å². The van der Waals surface area contributed by atoms with Gasteiger partial charge in [0.15, 0.2) is 0 Å². The molecule has 2 aliphatic rings. The number of para-hydroxylation sites is 1. The van der Waals surface area contributed by atoms with Crippen molar-refractivity contribution in [2.45, 2.75) is 16.1 Å². The van der Waals surface area contributed by atoms with Gasteiger partial charge in [-0.05, 0) is 96.7 Å². The average molecular weight is 784 g/mol. The lowest BCUT2D eigenvalue weighted by Gasteiger charge is -2.29. The van der Waals surface area contributed by atoms with E-state index in [0.717, 1.165) is 17.1 Å². The molecule has 1 heterocycles. The van der Waals surface area contributed by atoms with E-state index in [1.165, 1.54) is 76.9 Å². The number of allylic oxidation sites excluding steroid dienone is 3. The normalized spacial score (nSPS) is 15.1. The molecule has 0 amide bonds. The van der Waals surface area contributed by atoms with Gasteiger partial charge in [0.05, 0.1) is 5.69 Å². The van der Waals surface area contributed by atoms with E-state index in [2.05, 4.69) is 242 Å². The lowest BCUT2D eigenvalue weighted by molar-refractivity contribution is 0.881. The molecule has 60 heavy (non-hydrogen) atoms. The van der Waals surface area contributed by atoms with E-state index in [-0.39, 0.29) is 0 Å². The third-order valence-electron chi connectivity index (χ3n) is 12.1. The van der Waals surface area contributed by atoms with E-state index >= 15 is 0 Å². The van der Waals surface area contributed by atoms with Crippen molar-refractivity contribution >= 4 is 39.6 Å². The fourth-order valence-electron chi connectivity index (χ4n) is 9.03. The van der Waals surface area contributed by atoms with Crippen molar-refractivity contribution in [1.82, 2.24) is 0 Å². The average Bonchev–Trinajstić information content (AvgIpc) is 3.72. The largest absolute Gasteiger partial charge is 0.310 e. The number of rotatable bonds is 8. The Labute approximate surface area is 356 Å². The molecule has 0 N–H and O–H groups in total. The molecule has 0 saturated carbocycles. The zero-order chi connectivity index (χ0) is 39.8. The smallest absolute Gasteiger partial charge is 0.0540 e. The third-order valence-corrected chi connectivity index (χ3v) is 13.5. The molecule has 2 atom stereocenters. The Balaban J connectivity index is 0.998. The van der Waals surface area contributed by atoms with Crippen LogP contribution in [0, 0.1) is 0 Å². The Kier molecular flexibility index (Phi) is 9.33. The first-order chi connectivity index (χ1) is 29.7. The van der Waals surface area contributed by atoms with Gasteiger partial charge in [-0.15, -0.1) is 11.8 Å². The Hall–Kier alpha value is -7.13. The van der Waals surface area contributed by atoms with Gasteiger partial charge >= 0.3 is 0 Å². The fraction of sp³-hybridized carbons (Fsp3) is 0.0345. The molecule has 1 aliphatic heterocycles. The summed E-state index contributed by atoms with van der Waals surface area (Å²) in [4.78, 5) is 3.82. The van der Waals surface area contributed by atoms with Crippen LogP contribution in [-0.4, -0.2) is 5.25 Å². The number of hydrogen-bond acceptors (Lipinski definition) is 2. The maximum Gasteiger partial charge on any atom is 0.0540 e. The van der Waals surface area contributed by atoms with Crippen LogP contribution >= 0.6 is 11.8 Å². The highest BCUT2D eigenvalue weighted by Gasteiger charge is 2.33. The molecular weight excluding hydrogens is 743 g/mol. The van der Waals surface area contributed by atoms with Crippen LogP contribution in [-0.2, 0) is 0 Å². The van der Waals surface area contributed by atoms with E-state index in [1.807, 2.05) is 11.8 Å². The molecule has 1 aliphatic carbocycles. The zero-order valence-corrected chi connectivity index (χ0v) is 33.8. The van der Waals surface area contributed by atoms with Crippen LogP contribution in [0.4, 0.5) is 17.1 Å². The van der Waals surface area contributed by atoms with Gasteiger partial charge in [0, 0.05) is 33.0 Å². The van der Waals surface area contributed by atoms with Crippen LogP contribution < -0.4 is 4.90 Å². The van der Waals surface area contributed by atoms with Gasteiger partial charge in [0.25, 0.3) is 0 Å². The van der Waals surface area contributed by atoms with Crippen LogP contribution in [0.25, 0.3) is 66.4 Å². The highest BCUT2D eigenvalue weighted by Crippen LogP contribution is 2.53. The van der Waals surface area contributed by atoms with E-state index in [9.17, 15) is 0 Å². The minimum Gasteiger partial charge on any atom is -0.310 e. The van der Waals surface area contributed by atoms with Crippen LogP contribution in [0.5, 0.6) is 0 Å². The van der Waals surface area contributed by atoms with Crippen molar-refractivity contribution in [2.75, 3.05) is 4.90 Å². The lowest BCUT2D eigenvalue weighted by Crippen LogP contribution is -2.11. The monoisotopic (exact) mass is 783 g/mol. The van der Waals surface area contributed by atoms with Crippen molar-refractivity contribution < 1.29 is 0 Å². The van der Waals surface area contributed by atoms with Crippen LogP contribution in [0.1, 0.15) is 11.5 Å². The number of thioether (sulfide) groups is 1. The number of fused-ring (bicyclic) bond motifs is 4. The molecule has 2 heteroatoms. The van der Waals surface area contributed by atoms with Gasteiger partial charge in [-0.25, -0.2) is 0 Å². The first-order valence-corrected chi connectivity index (χ1v) is 21.6. The molecule has 9 aromatic rings. The van der Waals surface area contributed by atoms with Gasteiger partial charge in [-0.1, -0.05) is 206 Å². The van der Waals surface area contributed by atoms with Gasteiger partial charge < -0.3 is 4.90 Å². The fourth-order valence-corrected chi connectivity index (χ4v) is 10.5. The van der Waals surface area contributed by atoms with Gasteiger partial charge in [-0.3, -0.25) is 0 Å². The van der Waals surface area contributed by atoms with Crippen molar-refractivity contribution in [3.63, 3.8) is 0 Å². The Morgan fingerprint density at radius 3 is 1.72 bits per heavy atom. The SMILES string of the molecule is C1=CC2Sc3c(-c4ccccc4N(c4ccc(-c5ccc(-c6ccccc6)cc5)cc4)c4cccc(-c5ccc(-c6cccc7ccccc67)cc5)c4)cccc3C2C=C1. The van der Waals surface area contributed by atoms with E-state index in [1.54, 1.807) is 0 Å². The maximum absolute atomic E-state index is 2.44. The maximum atomic E-state index is 2.44. The number of benzene rings is 9. The minimum absolute atomic E-state index is 0.399. The second-order valence-electron chi connectivity index (χ2n) is 15.6. The second-order valence-corrected chi connectivity index (χ2v) is 16.8. The van der Waals surface area contributed by atoms with Crippen molar-refractivity contribution in [3.8, 4) is 55.6 Å². The topological polar surface area (TPSA) is 3.24 Å². The summed E-state index contributed by atoms with van der Waals surface area (Å²) in [6, 6.07) is 77.6. The van der Waals surface area contributed by atoms with Gasteiger partial charge in [0.2, 0.25) is 0 Å². The molecule has 0 aromatic heterocycles. The zero-order valence-electron chi connectivity index (χ0n) is 33.0. The Bertz CT molecular complexity index is 3050. The summed E-state index contributed by atoms with van der Waals surface area (Å²) in [6.07, 6.45) is 9.11. The number of hydrogen-bond donors (Lipinski definition) is 0. The molecule has 2 unspecified atom stereocenters. The first kappa shape index (κ1) is 36.0. The quantitative estimate of drug-likeness (QED) is 0.151. The second kappa shape index (κ2) is 15.6. The standard InChI is InChI=1S/C58H41NS/c1-2-13-40(14-3-1)41-27-29-42(30-28-41)43-35-37-48(38-36-43)59(56-25-8-6-20-52(56)54-23-12-24-55-53-21-7-9-26-57(53)60-58(54)55)49-18-10-17-47(39-49)44-31-33-46(34-32-44)51-22-11-16-45-15-4-5-19-50(45)51/h1-39,53,57H. The number of anilines is 3. The molecule has 0 spiro atoms. The summed E-state index contributed by atoms with van der Waals surface area (Å²) in [5.41, 5.74) is 17.0. The van der Waals surface area contributed by atoms with E-state index < -0.39 is 0 Å². The summed E-state index contributed by atoms with van der Waals surface area (Å²) in [5, 5.41) is 2.95. The molecule has 284 valence electrons. The molecule has 11 rings (SSSR count). The van der Waals surface area contributed by atoms with Crippen molar-refractivity contribution in [3.05, 3.63) is 242 Å². The molecule has 9 aromatic carbocycles. The Morgan fingerprint density at radius 2 is 0.917 bits per heavy atom. The highest BCUT2D eigenvalue weighted by molar-refractivity contribution is 8.00. The summed E-state index contributed by atoms with van der Waals surface area (Å²) in [5.74, 6) is 0.399. The van der Waals surface area contributed by atoms with Crippen molar-refractivity contribution in [1.29, 1.82) is 0 Å². The molecule has 0 fully saturated rings. The summed E-state index contributed by atoms with van der Waals surface area (Å²) in [6.45, 7) is 0. The molecule has 0 saturated heterocycles. The first-order valence-electron chi connectivity index (χ1n) is 20.7. The lowest BCUT2D eigenvalue weighted by atomic mass is 9.90.